The van der Waals surface area contributed by atoms with Crippen molar-refractivity contribution in [3.8, 4) is 0 Å². The number of nitrogens with two attached hydrogens (primary N) is 1. The minimum Gasteiger partial charge on any atom is -0.350 e. The Balaban J connectivity index is 2.40. The second-order valence-corrected chi connectivity index (χ2v) is 4.70. The summed E-state index contributed by atoms with van der Waals surface area (Å²) in [6, 6.07) is 8.71. The molecule has 0 bridgehead atoms. The highest BCUT2D eigenvalue weighted by molar-refractivity contribution is 5.96. The second-order valence-electron chi connectivity index (χ2n) is 4.70. The van der Waals surface area contributed by atoms with Crippen molar-refractivity contribution in [3.05, 3.63) is 35.9 Å². The van der Waals surface area contributed by atoms with Gasteiger partial charge in [-0.25, -0.2) is 0 Å². The van der Waals surface area contributed by atoms with Crippen LogP contribution in [0.25, 0.3) is 0 Å². The molecule has 1 aromatic rings. The Morgan fingerprint density at radius 3 is 2.37 bits per heavy atom. The van der Waals surface area contributed by atoms with Crippen molar-refractivity contribution in [2.75, 3.05) is 13.1 Å². The molecule has 0 radical (unpaired) electrons. The molecule has 1 rings (SSSR count). The van der Waals surface area contributed by atoms with Crippen LogP contribution in [0, 0.1) is 5.92 Å². The van der Waals surface area contributed by atoms with E-state index >= 15 is 0 Å². The maximum Gasteiger partial charge on any atom is 0.251 e. The predicted octanol–water partition coefficient (Wildman–Crippen LogP) is 0.516. The van der Waals surface area contributed by atoms with E-state index in [1.165, 1.54) is 0 Å². The van der Waals surface area contributed by atoms with Gasteiger partial charge in [0.05, 0.1) is 6.54 Å². The molecule has 2 amide bonds. The Labute approximate surface area is 113 Å². The minimum absolute atomic E-state index is 0.0447. The molecule has 0 saturated heterocycles. The van der Waals surface area contributed by atoms with Gasteiger partial charge in [0.25, 0.3) is 5.91 Å². The maximum absolute atomic E-state index is 11.7. The first-order chi connectivity index (χ1) is 9.04. The van der Waals surface area contributed by atoms with Crippen LogP contribution >= 0.6 is 0 Å². The van der Waals surface area contributed by atoms with E-state index in [1.807, 2.05) is 19.9 Å². The molecule has 19 heavy (non-hydrogen) atoms. The number of hydrogen-bond donors (Lipinski definition) is 3. The van der Waals surface area contributed by atoms with Crippen LogP contribution < -0.4 is 16.4 Å². The van der Waals surface area contributed by atoms with Gasteiger partial charge < -0.3 is 16.4 Å². The molecule has 0 saturated carbocycles. The molecule has 5 heteroatoms. The molecule has 0 aliphatic heterocycles. The van der Waals surface area contributed by atoms with E-state index in [2.05, 4.69) is 10.6 Å². The van der Waals surface area contributed by atoms with Gasteiger partial charge in [-0.1, -0.05) is 32.0 Å². The van der Waals surface area contributed by atoms with E-state index in [0.29, 0.717) is 12.1 Å². The molecule has 1 unspecified atom stereocenters. The first-order valence-electron chi connectivity index (χ1n) is 6.37. The molecule has 0 spiro atoms. The van der Waals surface area contributed by atoms with E-state index in [0.717, 1.165) is 0 Å². The number of nitrogens with one attached hydrogen (secondary N) is 2. The fourth-order valence-corrected chi connectivity index (χ4v) is 1.61. The molecule has 0 heterocycles. The smallest absolute Gasteiger partial charge is 0.251 e. The van der Waals surface area contributed by atoms with Crippen LogP contribution in [-0.2, 0) is 4.79 Å². The molecule has 0 fully saturated rings. The topological polar surface area (TPSA) is 84.2 Å². The van der Waals surface area contributed by atoms with E-state index < -0.39 is 0 Å². The van der Waals surface area contributed by atoms with Crippen molar-refractivity contribution < 1.29 is 9.59 Å². The zero-order valence-electron chi connectivity index (χ0n) is 11.3. The molecular formula is C14H21N3O2. The average Bonchev–Trinajstić information content (AvgIpc) is 2.42. The summed E-state index contributed by atoms with van der Waals surface area (Å²) in [6.07, 6.45) is 0. The lowest BCUT2D eigenvalue weighted by Crippen LogP contribution is -2.47. The van der Waals surface area contributed by atoms with Crippen LogP contribution in [0.5, 0.6) is 0 Å². The van der Waals surface area contributed by atoms with Crippen molar-refractivity contribution in [1.82, 2.24) is 10.6 Å². The zero-order valence-corrected chi connectivity index (χ0v) is 11.3. The summed E-state index contributed by atoms with van der Waals surface area (Å²) in [4.78, 5) is 23.4. The number of hydrogen-bond acceptors (Lipinski definition) is 3. The summed E-state index contributed by atoms with van der Waals surface area (Å²) in [5.41, 5.74) is 6.10. The molecule has 0 aromatic heterocycles. The number of benzene rings is 1. The van der Waals surface area contributed by atoms with Gasteiger partial charge in [0.15, 0.2) is 0 Å². The van der Waals surface area contributed by atoms with E-state index in [9.17, 15) is 9.59 Å². The third-order valence-corrected chi connectivity index (χ3v) is 2.85. The van der Waals surface area contributed by atoms with Crippen molar-refractivity contribution in [2.45, 2.75) is 19.9 Å². The van der Waals surface area contributed by atoms with Crippen molar-refractivity contribution in [1.29, 1.82) is 0 Å². The molecule has 1 aromatic carbocycles. The van der Waals surface area contributed by atoms with Crippen LogP contribution in [-0.4, -0.2) is 30.9 Å². The third-order valence-electron chi connectivity index (χ3n) is 2.85. The molecule has 0 aliphatic carbocycles. The quantitative estimate of drug-likeness (QED) is 0.699. The summed E-state index contributed by atoms with van der Waals surface area (Å²) in [5, 5.41) is 5.37. The first kappa shape index (κ1) is 15.2. The van der Waals surface area contributed by atoms with Gasteiger partial charge in [-0.05, 0) is 18.1 Å². The predicted molar refractivity (Wildman–Crippen MR) is 74.6 cm³/mol. The van der Waals surface area contributed by atoms with Crippen LogP contribution in [0.15, 0.2) is 30.3 Å². The van der Waals surface area contributed by atoms with Crippen molar-refractivity contribution in [2.24, 2.45) is 11.7 Å². The number of amides is 2. The monoisotopic (exact) mass is 263 g/mol. The number of carbonyl (C=O) groups excluding carboxylic acids is 2. The lowest BCUT2D eigenvalue weighted by Gasteiger charge is -2.20. The fourth-order valence-electron chi connectivity index (χ4n) is 1.61. The molecule has 104 valence electrons. The largest absolute Gasteiger partial charge is 0.350 e. The lowest BCUT2D eigenvalue weighted by molar-refractivity contribution is -0.121. The molecule has 4 N–H and O–H groups in total. The molecular weight excluding hydrogens is 242 g/mol. The highest BCUT2D eigenvalue weighted by Crippen LogP contribution is 1.99. The standard InChI is InChI=1S/C14H21N3O2/c1-10(2)12(8-15)17-13(18)9-16-14(19)11-6-4-3-5-7-11/h3-7,10,12H,8-9,15H2,1-2H3,(H,16,19)(H,17,18). The van der Waals surface area contributed by atoms with E-state index in [4.69, 9.17) is 5.73 Å². The van der Waals surface area contributed by atoms with Crippen LogP contribution in [0.4, 0.5) is 0 Å². The Morgan fingerprint density at radius 2 is 1.84 bits per heavy atom. The normalized spacial score (nSPS) is 12.0. The summed E-state index contributed by atoms with van der Waals surface area (Å²) in [6.45, 7) is 4.31. The third kappa shape index (κ3) is 5.09. The van der Waals surface area contributed by atoms with Gasteiger partial charge in [-0.3, -0.25) is 9.59 Å². The van der Waals surface area contributed by atoms with Gasteiger partial charge >= 0.3 is 0 Å². The zero-order chi connectivity index (χ0) is 14.3. The van der Waals surface area contributed by atoms with Gasteiger partial charge in [-0.2, -0.15) is 0 Å². The SMILES string of the molecule is CC(C)C(CN)NC(=O)CNC(=O)c1ccccc1. The summed E-state index contributed by atoms with van der Waals surface area (Å²) in [5.74, 6) is -0.225. The fraction of sp³-hybridized carbons (Fsp3) is 0.429. The van der Waals surface area contributed by atoms with E-state index in [-0.39, 0.29) is 30.3 Å². The molecule has 0 aliphatic rings. The molecule has 5 nitrogen and oxygen atoms in total. The van der Waals surface area contributed by atoms with E-state index in [1.54, 1.807) is 24.3 Å². The van der Waals surface area contributed by atoms with Gasteiger partial charge in [0.1, 0.15) is 0 Å². The number of carbonyl (C=O) groups is 2. The van der Waals surface area contributed by atoms with Crippen molar-refractivity contribution >= 4 is 11.8 Å². The Bertz CT molecular complexity index is 418. The van der Waals surface area contributed by atoms with Crippen LogP contribution in [0.2, 0.25) is 0 Å². The summed E-state index contributed by atoms with van der Waals surface area (Å²) < 4.78 is 0. The van der Waals surface area contributed by atoms with Gasteiger partial charge in [-0.15, -0.1) is 0 Å². The average molecular weight is 263 g/mol. The Morgan fingerprint density at radius 1 is 1.21 bits per heavy atom. The highest BCUT2D eigenvalue weighted by Gasteiger charge is 2.14. The first-order valence-corrected chi connectivity index (χ1v) is 6.37. The Kier molecular flexibility index (Phi) is 6.02. The Hall–Kier alpha value is -1.88. The maximum atomic E-state index is 11.7. The molecule has 1 atom stereocenters. The van der Waals surface area contributed by atoms with Gasteiger partial charge in [0.2, 0.25) is 5.91 Å². The summed E-state index contributed by atoms with van der Waals surface area (Å²) in [7, 11) is 0. The second kappa shape index (κ2) is 7.53. The van der Waals surface area contributed by atoms with Crippen molar-refractivity contribution in [3.63, 3.8) is 0 Å². The highest BCUT2D eigenvalue weighted by atomic mass is 16.2. The number of rotatable bonds is 6. The summed E-state index contributed by atoms with van der Waals surface area (Å²) >= 11 is 0. The minimum atomic E-state index is -0.260. The lowest BCUT2D eigenvalue weighted by atomic mass is 10.1. The van der Waals surface area contributed by atoms with Gasteiger partial charge in [0, 0.05) is 18.2 Å². The van der Waals surface area contributed by atoms with Crippen LogP contribution in [0.3, 0.4) is 0 Å². The van der Waals surface area contributed by atoms with Crippen LogP contribution in [0.1, 0.15) is 24.2 Å².